The zero-order chi connectivity index (χ0) is 16.8. The normalized spacial score (nSPS) is 13.8. The predicted molar refractivity (Wildman–Crippen MR) is 92.4 cm³/mol. The van der Waals surface area contributed by atoms with Crippen LogP contribution in [0.3, 0.4) is 0 Å². The molecule has 1 saturated heterocycles. The second-order valence-corrected chi connectivity index (χ2v) is 5.63. The van der Waals surface area contributed by atoms with Crippen LogP contribution in [0.15, 0.2) is 54.6 Å². The molecule has 24 heavy (non-hydrogen) atoms. The van der Waals surface area contributed by atoms with Gasteiger partial charge in [-0.2, -0.15) is 0 Å². The van der Waals surface area contributed by atoms with Crippen LogP contribution in [0.5, 0.6) is 0 Å². The molecule has 2 amide bonds. The van der Waals surface area contributed by atoms with Gasteiger partial charge in [0.25, 0.3) is 5.91 Å². The maximum Gasteiger partial charge on any atom is 0.253 e. The maximum absolute atomic E-state index is 12.5. The second kappa shape index (κ2) is 7.47. The van der Waals surface area contributed by atoms with E-state index in [1.54, 1.807) is 9.80 Å². The highest BCUT2D eigenvalue weighted by Crippen LogP contribution is 2.10. The maximum atomic E-state index is 12.5. The lowest BCUT2D eigenvalue weighted by molar-refractivity contribution is -0.119. The van der Waals surface area contributed by atoms with Crippen molar-refractivity contribution in [3.05, 3.63) is 71.3 Å². The monoisotopic (exact) mass is 318 g/mol. The summed E-state index contributed by atoms with van der Waals surface area (Å²) in [6, 6.07) is 17.1. The molecule has 3 rings (SSSR count). The van der Waals surface area contributed by atoms with E-state index in [4.69, 9.17) is 0 Å². The average molecular weight is 318 g/mol. The van der Waals surface area contributed by atoms with Gasteiger partial charge in [0.2, 0.25) is 6.41 Å². The van der Waals surface area contributed by atoms with Crippen molar-refractivity contribution in [2.75, 3.05) is 26.2 Å². The van der Waals surface area contributed by atoms with Crippen LogP contribution in [0.25, 0.3) is 0 Å². The van der Waals surface area contributed by atoms with E-state index >= 15 is 0 Å². The summed E-state index contributed by atoms with van der Waals surface area (Å²) in [6.07, 6.45) is 0.835. The number of carbonyl (C=O) groups excluding carboxylic acids is 2. The molecule has 1 heterocycles. The van der Waals surface area contributed by atoms with Crippen molar-refractivity contribution in [1.29, 1.82) is 0 Å². The Balaban J connectivity index is 1.65. The molecular formula is C20H18N2O2. The Morgan fingerprint density at radius 3 is 2.00 bits per heavy atom. The van der Waals surface area contributed by atoms with Gasteiger partial charge in [0.05, 0.1) is 0 Å². The molecule has 0 aromatic heterocycles. The van der Waals surface area contributed by atoms with Crippen molar-refractivity contribution < 1.29 is 9.59 Å². The smallest absolute Gasteiger partial charge is 0.253 e. The Bertz CT molecular complexity index is 765. The Hall–Kier alpha value is -3.06. The molecule has 4 heteroatoms. The van der Waals surface area contributed by atoms with Crippen LogP contribution < -0.4 is 0 Å². The number of hydrogen-bond donors (Lipinski definition) is 0. The minimum absolute atomic E-state index is 0.00289. The summed E-state index contributed by atoms with van der Waals surface area (Å²) in [5.74, 6) is 6.20. The molecule has 0 unspecified atom stereocenters. The summed E-state index contributed by atoms with van der Waals surface area (Å²) in [6.45, 7) is 2.34. The Morgan fingerprint density at radius 2 is 1.42 bits per heavy atom. The molecule has 4 nitrogen and oxygen atoms in total. The Kier molecular flexibility index (Phi) is 4.93. The highest BCUT2D eigenvalue weighted by molar-refractivity contribution is 5.94. The fraction of sp³-hybridized carbons (Fsp3) is 0.200. The van der Waals surface area contributed by atoms with E-state index in [0.717, 1.165) is 17.5 Å². The van der Waals surface area contributed by atoms with Gasteiger partial charge in [0, 0.05) is 42.9 Å². The largest absolute Gasteiger partial charge is 0.342 e. The molecule has 1 aliphatic heterocycles. The fourth-order valence-electron chi connectivity index (χ4n) is 2.57. The molecule has 0 atom stereocenters. The summed E-state index contributed by atoms with van der Waals surface area (Å²) in [7, 11) is 0. The van der Waals surface area contributed by atoms with Crippen LogP contribution >= 0.6 is 0 Å². The van der Waals surface area contributed by atoms with Gasteiger partial charge in [-0.3, -0.25) is 9.59 Å². The number of amides is 2. The van der Waals surface area contributed by atoms with Crippen molar-refractivity contribution >= 4 is 12.3 Å². The first-order valence-corrected chi connectivity index (χ1v) is 7.92. The van der Waals surface area contributed by atoms with Gasteiger partial charge in [0.15, 0.2) is 0 Å². The van der Waals surface area contributed by atoms with Crippen LogP contribution in [0.2, 0.25) is 0 Å². The van der Waals surface area contributed by atoms with Crippen LogP contribution in [0.4, 0.5) is 0 Å². The number of piperazine rings is 1. The van der Waals surface area contributed by atoms with Gasteiger partial charge in [-0.1, -0.05) is 30.0 Å². The Morgan fingerprint density at radius 1 is 0.833 bits per heavy atom. The van der Waals surface area contributed by atoms with Gasteiger partial charge in [0.1, 0.15) is 0 Å². The number of rotatable bonds is 2. The van der Waals surface area contributed by atoms with Crippen molar-refractivity contribution in [2.45, 2.75) is 0 Å². The van der Waals surface area contributed by atoms with Crippen LogP contribution in [0.1, 0.15) is 21.5 Å². The molecule has 0 radical (unpaired) electrons. The lowest BCUT2D eigenvalue weighted by Crippen LogP contribution is -2.48. The molecule has 0 spiro atoms. The van der Waals surface area contributed by atoms with Crippen LogP contribution in [0, 0.1) is 11.8 Å². The average Bonchev–Trinajstić information content (AvgIpc) is 2.67. The Labute approximate surface area is 141 Å². The van der Waals surface area contributed by atoms with Crippen molar-refractivity contribution in [3.63, 3.8) is 0 Å². The SMILES string of the molecule is O=CN1CCN(C(=O)c2ccc(C#Cc3ccccc3)cc2)CC1. The van der Waals surface area contributed by atoms with Gasteiger partial charge in [-0.15, -0.1) is 0 Å². The third-order valence-corrected chi connectivity index (χ3v) is 4.01. The van der Waals surface area contributed by atoms with E-state index in [1.807, 2.05) is 54.6 Å². The van der Waals surface area contributed by atoms with E-state index in [1.165, 1.54) is 0 Å². The number of hydrogen-bond acceptors (Lipinski definition) is 2. The quantitative estimate of drug-likeness (QED) is 0.628. The van der Waals surface area contributed by atoms with Crippen molar-refractivity contribution in [1.82, 2.24) is 9.80 Å². The number of nitrogens with zero attached hydrogens (tertiary/aromatic N) is 2. The minimum Gasteiger partial charge on any atom is -0.342 e. The molecule has 120 valence electrons. The first-order valence-electron chi connectivity index (χ1n) is 7.92. The van der Waals surface area contributed by atoms with Crippen molar-refractivity contribution in [3.8, 4) is 11.8 Å². The standard InChI is InChI=1S/C20H18N2O2/c23-16-21-12-14-22(15-13-21)20(24)19-10-8-18(9-11-19)7-6-17-4-2-1-3-5-17/h1-5,8-11,16H,12-15H2. The zero-order valence-corrected chi connectivity index (χ0v) is 13.3. The molecule has 1 fully saturated rings. The lowest BCUT2D eigenvalue weighted by Gasteiger charge is -2.32. The first kappa shape index (κ1) is 15.8. The molecule has 0 N–H and O–H groups in total. The van der Waals surface area contributed by atoms with Gasteiger partial charge >= 0.3 is 0 Å². The van der Waals surface area contributed by atoms with E-state index in [9.17, 15) is 9.59 Å². The highest BCUT2D eigenvalue weighted by Gasteiger charge is 2.20. The van der Waals surface area contributed by atoms with Crippen LogP contribution in [-0.4, -0.2) is 48.3 Å². The predicted octanol–water partition coefficient (Wildman–Crippen LogP) is 2.00. The van der Waals surface area contributed by atoms with E-state index in [2.05, 4.69) is 11.8 Å². The topological polar surface area (TPSA) is 40.6 Å². The van der Waals surface area contributed by atoms with Gasteiger partial charge in [-0.05, 0) is 36.4 Å². The molecular weight excluding hydrogens is 300 g/mol. The first-order chi connectivity index (χ1) is 11.8. The third-order valence-electron chi connectivity index (χ3n) is 4.01. The number of carbonyl (C=O) groups is 2. The van der Waals surface area contributed by atoms with Crippen molar-refractivity contribution in [2.24, 2.45) is 0 Å². The molecule has 2 aromatic rings. The zero-order valence-electron chi connectivity index (χ0n) is 13.3. The fourth-order valence-corrected chi connectivity index (χ4v) is 2.57. The van der Waals surface area contributed by atoms with Gasteiger partial charge in [-0.25, -0.2) is 0 Å². The van der Waals surface area contributed by atoms with Gasteiger partial charge < -0.3 is 9.80 Å². The van der Waals surface area contributed by atoms with E-state index in [-0.39, 0.29) is 5.91 Å². The lowest BCUT2D eigenvalue weighted by atomic mass is 10.1. The highest BCUT2D eigenvalue weighted by atomic mass is 16.2. The van der Waals surface area contributed by atoms with Crippen LogP contribution in [-0.2, 0) is 4.79 Å². The summed E-state index contributed by atoms with van der Waals surface area (Å²) in [5.41, 5.74) is 2.49. The minimum atomic E-state index is 0.00289. The second-order valence-electron chi connectivity index (χ2n) is 5.63. The molecule has 2 aromatic carbocycles. The molecule has 0 saturated carbocycles. The number of benzene rings is 2. The summed E-state index contributed by atoms with van der Waals surface area (Å²) in [5, 5.41) is 0. The summed E-state index contributed by atoms with van der Waals surface area (Å²) in [4.78, 5) is 26.7. The van der Waals surface area contributed by atoms with E-state index < -0.39 is 0 Å². The molecule has 0 aliphatic carbocycles. The molecule has 1 aliphatic rings. The van der Waals surface area contributed by atoms with E-state index in [0.29, 0.717) is 31.7 Å². The summed E-state index contributed by atoms with van der Waals surface area (Å²) < 4.78 is 0. The molecule has 0 bridgehead atoms. The summed E-state index contributed by atoms with van der Waals surface area (Å²) >= 11 is 0. The third kappa shape index (κ3) is 3.82.